The number of rotatable bonds is 12. The number of unbranched alkanes of at least 4 members (excludes halogenated alkanes) is 9. The third-order valence-corrected chi connectivity index (χ3v) is 6.31. The Kier molecular flexibility index (Phi) is 10.1. The first-order valence-electron chi connectivity index (χ1n) is 9.11. The van der Waals surface area contributed by atoms with E-state index < -0.39 is 36.6 Å². The standard InChI is InChI=1S/C18H28Cl2O5S/c1-2-3-4-5-6-7-8-9-10-11-12-13-16(21)14(19)18(26(23,24)25)15(20)17(13)22/h21-22H,2-12H2,1H3,(H,23,24,25). The summed E-state index contributed by atoms with van der Waals surface area (Å²) >= 11 is 11.6. The Hall–Kier alpha value is -0.690. The average Bonchev–Trinajstić information content (AvgIpc) is 2.56. The first kappa shape index (κ1) is 23.3. The molecule has 1 aromatic carbocycles. The van der Waals surface area contributed by atoms with Gasteiger partial charge in [-0.05, 0) is 12.8 Å². The summed E-state index contributed by atoms with van der Waals surface area (Å²) < 4.78 is 31.7. The Balaban J connectivity index is 2.52. The molecule has 0 unspecified atom stereocenters. The van der Waals surface area contributed by atoms with Crippen LogP contribution in [-0.2, 0) is 16.5 Å². The van der Waals surface area contributed by atoms with Crippen molar-refractivity contribution >= 4 is 33.3 Å². The fraction of sp³-hybridized carbons (Fsp3) is 0.667. The Labute approximate surface area is 166 Å². The molecule has 1 aromatic rings. The van der Waals surface area contributed by atoms with Crippen molar-refractivity contribution in [2.24, 2.45) is 0 Å². The molecule has 0 fully saturated rings. The van der Waals surface area contributed by atoms with Gasteiger partial charge in [0, 0.05) is 5.56 Å². The van der Waals surface area contributed by atoms with E-state index in [2.05, 4.69) is 6.92 Å². The molecule has 0 bridgehead atoms. The van der Waals surface area contributed by atoms with Crippen molar-refractivity contribution in [2.45, 2.75) is 82.4 Å². The van der Waals surface area contributed by atoms with Crippen LogP contribution in [0.1, 0.15) is 76.7 Å². The molecule has 0 atom stereocenters. The molecule has 0 saturated heterocycles. The zero-order valence-corrected chi connectivity index (χ0v) is 17.4. The highest BCUT2D eigenvalue weighted by atomic mass is 35.5. The predicted molar refractivity (Wildman–Crippen MR) is 105 cm³/mol. The van der Waals surface area contributed by atoms with Crippen LogP contribution in [0, 0.1) is 0 Å². The largest absolute Gasteiger partial charge is 0.506 e. The molecule has 1 rings (SSSR count). The van der Waals surface area contributed by atoms with Crippen LogP contribution >= 0.6 is 23.2 Å². The molecule has 0 aliphatic heterocycles. The molecule has 150 valence electrons. The second-order valence-corrected chi connectivity index (χ2v) is 8.65. The van der Waals surface area contributed by atoms with Gasteiger partial charge >= 0.3 is 0 Å². The third kappa shape index (κ3) is 6.80. The van der Waals surface area contributed by atoms with Gasteiger partial charge in [0.25, 0.3) is 10.1 Å². The molecule has 0 heterocycles. The summed E-state index contributed by atoms with van der Waals surface area (Å²) in [6.45, 7) is 2.20. The van der Waals surface area contributed by atoms with Gasteiger partial charge in [0.05, 0.1) is 0 Å². The van der Waals surface area contributed by atoms with E-state index >= 15 is 0 Å². The van der Waals surface area contributed by atoms with Crippen molar-refractivity contribution < 1.29 is 23.2 Å². The summed E-state index contributed by atoms with van der Waals surface area (Å²) in [5, 5.41) is 19.0. The summed E-state index contributed by atoms with van der Waals surface area (Å²) in [5.74, 6) is -1.12. The van der Waals surface area contributed by atoms with Crippen molar-refractivity contribution in [2.75, 3.05) is 0 Å². The minimum atomic E-state index is -4.75. The highest BCUT2D eigenvalue weighted by Gasteiger charge is 2.28. The van der Waals surface area contributed by atoms with Gasteiger partial charge in [-0.3, -0.25) is 4.55 Å². The van der Waals surface area contributed by atoms with Gasteiger partial charge in [-0.15, -0.1) is 0 Å². The number of halogens is 2. The monoisotopic (exact) mass is 426 g/mol. The Morgan fingerprint density at radius 3 is 1.54 bits per heavy atom. The molecule has 0 spiro atoms. The lowest BCUT2D eigenvalue weighted by molar-refractivity contribution is 0.429. The van der Waals surface area contributed by atoms with E-state index in [1.165, 1.54) is 38.5 Å². The van der Waals surface area contributed by atoms with Gasteiger partial charge < -0.3 is 10.2 Å². The molecule has 0 aliphatic rings. The highest BCUT2D eigenvalue weighted by molar-refractivity contribution is 7.86. The van der Waals surface area contributed by atoms with Crippen LogP contribution in [-0.4, -0.2) is 23.2 Å². The van der Waals surface area contributed by atoms with Gasteiger partial charge in [0.1, 0.15) is 26.4 Å². The molecular formula is C18H28Cl2O5S. The molecular weight excluding hydrogens is 399 g/mol. The molecule has 0 saturated carbocycles. The van der Waals surface area contributed by atoms with Crippen molar-refractivity contribution in [1.29, 1.82) is 0 Å². The summed E-state index contributed by atoms with van der Waals surface area (Å²) in [6.07, 6.45) is 11.7. The fourth-order valence-corrected chi connectivity index (χ4v) is 4.64. The van der Waals surface area contributed by atoms with Gasteiger partial charge in [0.15, 0.2) is 0 Å². The minimum absolute atomic E-state index is 0.104. The zero-order chi connectivity index (χ0) is 19.7. The molecule has 0 radical (unpaired) electrons. The maximum absolute atomic E-state index is 11.3. The smallest absolute Gasteiger partial charge is 0.297 e. The SMILES string of the molecule is CCCCCCCCCCCCc1c(O)c(Cl)c(S(=O)(=O)O)c(Cl)c1O. The van der Waals surface area contributed by atoms with Gasteiger partial charge in [-0.1, -0.05) is 87.9 Å². The van der Waals surface area contributed by atoms with Crippen molar-refractivity contribution in [3.8, 4) is 11.5 Å². The van der Waals surface area contributed by atoms with Gasteiger partial charge in [-0.2, -0.15) is 8.42 Å². The molecule has 0 aromatic heterocycles. The summed E-state index contributed by atoms with van der Waals surface area (Å²) in [5.41, 5.74) is 0.104. The second kappa shape index (κ2) is 11.2. The van der Waals surface area contributed by atoms with E-state index in [0.29, 0.717) is 12.8 Å². The lowest BCUT2D eigenvalue weighted by Gasteiger charge is -2.14. The summed E-state index contributed by atoms with van der Waals surface area (Å²) in [4.78, 5) is -0.873. The summed E-state index contributed by atoms with van der Waals surface area (Å²) in [7, 11) is -4.75. The second-order valence-electron chi connectivity index (χ2n) is 6.54. The number of aromatic hydroxyl groups is 2. The topological polar surface area (TPSA) is 94.8 Å². The lowest BCUT2D eigenvalue weighted by Crippen LogP contribution is -2.03. The van der Waals surface area contributed by atoms with Crippen LogP contribution in [0.3, 0.4) is 0 Å². The number of phenolic OH excluding ortho intramolecular Hbond substituents is 2. The van der Waals surface area contributed by atoms with E-state index in [4.69, 9.17) is 27.8 Å². The van der Waals surface area contributed by atoms with Crippen molar-refractivity contribution in [1.82, 2.24) is 0 Å². The highest BCUT2D eigenvalue weighted by Crippen LogP contribution is 2.46. The van der Waals surface area contributed by atoms with Crippen LogP contribution in [0.5, 0.6) is 11.5 Å². The van der Waals surface area contributed by atoms with Crippen molar-refractivity contribution in [3.05, 3.63) is 15.6 Å². The van der Waals surface area contributed by atoms with Crippen LogP contribution in [0.4, 0.5) is 0 Å². The maximum atomic E-state index is 11.3. The molecule has 0 amide bonds. The van der Waals surface area contributed by atoms with E-state index in [1.807, 2.05) is 0 Å². The fourth-order valence-electron chi connectivity index (χ4n) is 2.94. The lowest BCUT2D eigenvalue weighted by atomic mass is 10.0. The van der Waals surface area contributed by atoms with Crippen LogP contribution in [0.25, 0.3) is 0 Å². The van der Waals surface area contributed by atoms with Crippen molar-refractivity contribution in [3.63, 3.8) is 0 Å². The van der Waals surface area contributed by atoms with Crippen LogP contribution in [0.2, 0.25) is 10.0 Å². The Morgan fingerprint density at radius 2 is 1.15 bits per heavy atom. The van der Waals surface area contributed by atoms with Crippen LogP contribution in [0.15, 0.2) is 4.90 Å². The first-order chi connectivity index (χ1) is 12.2. The quantitative estimate of drug-likeness (QED) is 0.276. The number of phenols is 2. The van der Waals surface area contributed by atoms with E-state index in [0.717, 1.165) is 19.3 Å². The number of hydrogen-bond acceptors (Lipinski definition) is 4. The first-order valence-corrected chi connectivity index (χ1v) is 11.3. The summed E-state index contributed by atoms with van der Waals surface area (Å²) in [6, 6.07) is 0. The minimum Gasteiger partial charge on any atom is -0.506 e. The number of hydrogen-bond donors (Lipinski definition) is 3. The normalized spacial score (nSPS) is 11.8. The van der Waals surface area contributed by atoms with E-state index in [-0.39, 0.29) is 5.56 Å². The predicted octanol–water partition coefficient (Wildman–Crippen LogP) is 6.11. The maximum Gasteiger partial charge on any atom is 0.297 e. The average molecular weight is 427 g/mol. The van der Waals surface area contributed by atoms with Gasteiger partial charge in [-0.25, -0.2) is 0 Å². The van der Waals surface area contributed by atoms with Crippen LogP contribution < -0.4 is 0 Å². The van der Waals surface area contributed by atoms with E-state index in [9.17, 15) is 18.6 Å². The third-order valence-electron chi connectivity index (χ3n) is 4.42. The van der Waals surface area contributed by atoms with Gasteiger partial charge in [0.2, 0.25) is 0 Å². The molecule has 26 heavy (non-hydrogen) atoms. The van der Waals surface area contributed by atoms with E-state index in [1.54, 1.807) is 0 Å². The molecule has 3 N–H and O–H groups in total. The molecule has 0 aliphatic carbocycles. The zero-order valence-electron chi connectivity index (χ0n) is 15.1. The Morgan fingerprint density at radius 1 is 0.769 bits per heavy atom. The number of benzene rings is 1. The molecule has 5 nitrogen and oxygen atoms in total. The molecule has 8 heteroatoms. The Bertz CT molecular complexity index is 660.